The predicted molar refractivity (Wildman–Crippen MR) is 80.1 cm³/mol. The minimum absolute atomic E-state index is 0.0456. The van der Waals surface area contributed by atoms with Crippen LogP contribution in [-0.4, -0.2) is 22.9 Å². The third-order valence-corrected chi connectivity index (χ3v) is 4.53. The molecule has 1 unspecified atom stereocenters. The van der Waals surface area contributed by atoms with Gasteiger partial charge in [-0.3, -0.25) is 10.1 Å². The van der Waals surface area contributed by atoms with Gasteiger partial charge in [-0.2, -0.15) is 0 Å². The van der Waals surface area contributed by atoms with Crippen LogP contribution in [0.3, 0.4) is 0 Å². The van der Waals surface area contributed by atoms with Crippen LogP contribution < -0.4 is 5.32 Å². The molecule has 1 aliphatic heterocycles. The van der Waals surface area contributed by atoms with Crippen LogP contribution in [0.4, 0.5) is 0 Å². The molecule has 2 aliphatic rings. The average molecular weight is 272 g/mol. The van der Waals surface area contributed by atoms with Crippen LogP contribution in [0.1, 0.15) is 51.3 Å². The van der Waals surface area contributed by atoms with Gasteiger partial charge in [-0.05, 0) is 24.3 Å². The number of carbonyl (C=O) groups excluding carboxylic acids is 1. The second-order valence-electron chi connectivity index (χ2n) is 6.60. The molecule has 1 N–H and O–H groups in total. The van der Waals surface area contributed by atoms with Gasteiger partial charge in [0.1, 0.15) is 6.17 Å². The maximum atomic E-state index is 12.9. The van der Waals surface area contributed by atoms with Crippen molar-refractivity contribution in [1.82, 2.24) is 10.2 Å². The maximum Gasteiger partial charge on any atom is 0.244 e. The van der Waals surface area contributed by atoms with E-state index < -0.39 is 0 Å². The number of hydrogen-bond acceptors (Lipinski definition) is 2. The summed E-state index contributed by atoms with van der Waals surface area (Å²) in [6, 6.07) is 10.4. The van der Waals surface area contributed by atoms with Crippen molar-refractivity contribution in [2.75, 3.05) is 6.54 Å². The Labute approximate surface area is 121 Å². The Kier molecular flexibility index (Phi) is 3.55. The summed E-state index contributed by atoms with van der Waals surface area (Å²) in [6.07, 6.45) is 4.35. The molecule has 0 radical (unpaired) electrons. The van der Waals surface area contributed by atoms with E-state index in [2.05, 4.69) is 48.3 Å². The zero-order valence-corrected chi connectivity index (χ0v) is 12.4. The fourth-order valence-corrected chi connectivity index (χ4v) is 3.61. The standard InChI is InChI=1S/C17H24N2O/c1-13(2)12-19-15(14-8-4-3-5-9-14)18-17(16(19)20)10-6-7-11-17/h3-5,8-9,13,15,18H,6-7,10-12H2,1-2H3. The highest BCUT2D eigenvalue weighted by atomic mass is 16.2. The molecule has 1 saturated carbocycles. The van der Waals surface area contributed by atoms with E-state index in [-0.39, 0.29) is 11.7 Å². The van der Waals surface area contributed by atoms with Gasteiger partial charge in [-0.25, -0.2) is 0 Å². The molecule has 1 aliphatic carbocycles. The van der Waals surface area contributed by atoms with Crippen LogP contribution in [0, 0.1) is 5.92 Å². The van der Waals surface area contributed by atoms with E-state index in [0.29, 0.717) is 11.8 Å². The third-order valence-electron chi connectivity index (χ3n) is 4.53. The van der Waals surface area contributed by atoms with Gasteiger partial charge in [-0.1, -0.05) is 57.0 Å². The van der Waals surface area contributed by atoms with E-state index in [1.54, 1.807) is 0 Å². The number of nitrogens with zero attached hydrogens (tertiary/aromatic N) is 1. The molecule has 0 aromatic heterocycles. The quantitative estimate of drug-likeness (QED) is 0.917. The molecule has 1 heterocycles. The van der Waals surface area contributed by atoms with Gasteiger partial charge in [0.05, 0.1) is 5.54 Å². The molecular weight excluding hydrogens is 248 g/mol. The van der Waals surface area contributed by atoms with E-state index in [0.717, 1.165) is 32.2 Å². The largest absolute Gasteiger partial charge is 0.321 e. The molecule has 3 rings (SSSR count). The Morgan fingerprint density at radius 2 is 1.90 bits per heavy atom. The second-order valence-corrected chi connectivity index (χ2v) is 6.60. The van der Waals surface area contributed by atoms with Crippen molar-refractivity contribution >= 4 is 5.91 Å². The van der Waals surface area contributed by atoms with E-state index >= 15 is 0 Å². The van der Waals surface area contributed by atoms with Crippen molar-refractivity contribution < 1.29 is 4.79 Å². The summed E-state index contributed by atoms with van der Waals surface area (Å²) in [4.78, 5) is 15.0. The highest BCUT2D eigenvalue weighted by molar-refractivity contribution is 5.89. The third kappa shape index (κ3) is 2.24. The lowest BCUT2D eigenvalue weighted by Gasteiger charge is -2.26. The van der Waals surface area contributed by atoms with E-state index in [1.807, 2.05) is 6.07 Å². The second kappa shape index (κ2) is 5.21. The minimum atomic E-state index is -0.282. The van der Waals surface area contributed by atoms with Crippen LogP contribution in [0.2, 0.25) is 0 Å². The molecule has 1 spiro atoms. The molecule has 3 heteroatoms. The SMILES string of the molecule is CC(C)CN1C(=O)C2(CCCC2)NC1c1ccccc1. The van der Waals surface area contributed by atoms with Gasteiger partial charge in [0.15, 0.2) is 0 Å². The van der Waals surface area contributed by atoms with Gasteiger partial charge in [0.25, 0.3) is 0 Å². The number of benzene rings is 1. The summed E-state index contributed by atoms with van der Waals surface area (Å²) in [6.45, 7) is 5.18. The summed E-state index contributed by atoms with van der Waals surface area (Å²) in [5, 5.41) is 3.66. The fourth-order valence-electron chi connectivity index (χ4n) is 3.61. The molecule has 1 atom stereocenters. The minimum Gasteiger partial charge on any atom is -0.321 e. The van der Waals surface area contributed by atoms with Crippen LogP contribution in [0.15, 0.2) is 30.3 Å². The fraction of sp³-hybridized carbons (Fsp3) is 0.588. The zero-order chi connectivity index (χ0) is 14.2. The van der Waals surface area contributed by atoms with Crippen molar-refractivity contribution in [2.24, 2.45) is 5.92 Å². The molecule has 1 aromatic carbocycles. The molecule has 0 bridgehead atoms. The number of amides is 1. The Hall–Kier alpha value is -1.35. The Morgan fingerprint density at radius 1 is 1.25 bits per heavy atom. The van der Waals surface area contributed by atoms with Crippen molar-refractivity contribution in [2.45, 2.75) is 51.2 Å². The zero-order valence-electron chi connectivity index (χ0n) is 12.4. The molecule has 2 fully saturated rings. The number of nitrogens with one attached hydrogen (secondary N) is 1. The summed E-state index contributed by atoms with van der Waals surface area (Å²) in [7, 11) is 0. The van der Waals surface area contributed by atoms with Gasteiger partial charge in [0, 0.05) is 6.54 Å². The molecule has 1 saturated heterocycles. The van der Waals surface area contributed by atoms with Crippen LogP contribution >= 0.6 is 0 Å². The summed E-state index contributed by atoms with van der Waals surface area (Å²) in [5.74, 6) is 0.807. The number of carbonyl (C=O) groups is 1. The van der Waals surface area contributed by atoms with Crippen molar-refractivity contribution in [1.29, 1.82) is 0 Å². The van der Waals surface area contributed by atoms with Crippen LogP contribution in [0.25, 0.3) is 0 Å². The van der Waals surface area contributed by atoms with Gasteiger partial charge in [-0.15, -0.1) is 0 Å². The number of rotatable bonds is 3. The van der Waals surface area contributed by atoms with E-state index in [4.69, 9.17) is 0 Å². The molecular formula is C17H24N2O. The molecule has 1 amide bonds. The smallest absolute Gasteiger partial charge is 0.244 e. The van der Waals surface area contributed by atoms with Crippen molar-refractivity contribution in [3.63, 3.8) is 0 Å². The monoisotopic (exact) mass is 272 g/mol. The lowest BCUT2D eigenvalue weighted by molar-refractivity contribution is -0.133. The first-order valence-corrected chi connectivity index (χ1v) is 7.76. The summed E-state index contributed by atoms with van der Waals surface area (Å²) in [5.41, 5.74) is 0.917. The van der Waals surface area contributed by atoms with Crippen LogP contribution in [0.5, 0.6) is 0 Å². The summed E-state index contributed by atoms with van der Waals surface area (Å²) < 4.78 is 0. The normalized spacial score (nSPS) is 25.1. The lowest BCUT2D eigenvalue weighted by Crippen LogP contribution is -2.44. The Bertz CT molecular complexity index is 477. The molecule has 20 heavy (non-hydrogen) atoms. The van der Waals surface area contributed by atoms with Crippen molar-refractivity contribution in [3.8, 4) is 0 Å². The van der Waals surface area contributed by atoms with E-state index in [1.165, 1.54) is 5.56 Å². The van der Waals surface area contributed by atoms with Gasteiger partial charge >= 0.3 is 0 Å². The van der Waals surface area contributed by atoms with Gasteiger partial charge < -0.3 is 4.90 Å². The molecule has 1 aromatic rings. The average Bonchev–Trinajstić information content (AvgIpc) is 3.01. The number of hydrogen-bond donors (Lipinski definition) is 1. The molecule has 108 valence electrons. The first-order valence-electron chi connectivity index (χ1n) is 7.76. The predicted octanol–water partition coefficient (Wildman–Crippen LogP) is 3.09. The first kappa shape index (κ1) is 13.6. The van der Waals surface area contributed by atoms with Crippen LogP contribution in [-0.2, 0) is 4.79 Å². The highest BCUT2D eigenvalue weighted by Crippen LogP contribution is 2.41. The molecule has 3 nitrogen and oxygen atoms in total. The maximum absolute atomic E-state index is 12.9. The lowest BCUT2D eigenvalue weighted by atomic mass is 9.98. The topological polar surface area (TPSA) is 32.3 Å². The first-order chi connectivity index (χ1) is 9.62. The summed E-state index contributed by atoms with van der Waals surface area (Å²) >= 11 is 0. The Balaban J connectivity index is 1.92. The van der Waals surface area contributed by atoms with E-state index in [9.17, 15) is 4.79 Å². The Morgan fingerprint density at radius 3 is 2.50 bits per heavy atom. The highest BCUT2D eigenvalue weighted by Gasteiger charge is 2.52. The van der Waals surface area contributed by atoms with Gasteiger partial charge in [0.2, 0.25) is 5.91 Å². The van der Waals surface area contributed by atoms with Crippen molar-refractivity contribution in [3.05, 3.63) is 35.9 Å².